The summed E-state index contributed by atoms with van der Waals surface area (Å²) in [6.07, 6.45) is 3.58. The van der Waals surface area contributed by atoms with Crippen LogP contribution in [0, 0.1) is 18.6 Å². The molecule has 0 spiro atoms. The number of nitrogens with zero attached hydrogens (tertiary/aromatic N) is 2. The summed E-state index contributed by atoms with van der Waals surface area (Å²) in [5.74, 6) is -1.39. The van der Waals surface area contributed by atoms with Crippen LogP contribution >= 0.6 is 0 Å². The molecular formula is C37H42F2N4O2. The molecule has 3 atom stereocenters. The van der Waals surface area contributed by atoms with E-state index in [2.05, 4.69) is 15.6 Å². The zero-order valence-electron chi connectivity index (χ0n) is 26.4. The van der Waals surface area contributed by atoms with Crippen molar-refractivity contribution in [3.8, 4) is 0 Å². The molecule has 8 heteroatoms. The minimum Gasteiger partial charge on any atom is -0.375 e. The van der Waals surface area contributed by atoms with E-state index in [4.69, 9.17) is 9.73 Å². The number of halogens is 2. The van der Waals surface area contributed by atoms with Crippen LogP contribution in [-0.2, 0) is 16.0 Å². The highest BCUT2D eigenvalue weighted by atomic mass is 19.1. The molecule has 0 aliphatic carbocycles. The number of anilines is 1. The lowest BCUT2D eigenvalue weighted by molar-refractivity contribution is -0.116. The summed E-state index contributed by atoms with van der Waals surface area (Å²) in [7, 11) is 0. The lowest BCUT2D eigenvalue weighted by Crippen LogP contribution is -2.49. The number of para-hydroxylation sites is 1. The molecule has 1 aliphatic rings. The standard InChI is InChI=1S/C35H36F2N4O2.C2H6/c1-23-8-6-7-11-32(23)40-24(2)34-22-43-28(19-39-34)16-17-29-31(37)20-38-21-33(29)41-35(42)18-30(25-9-4-3-5-10-25)26-12-14-27(36)15-13-26;1-2/h3-15,20-21,28,30,34,39H,16-19,22H2,1-2H3,(H,41,42);1-2H3/t28-,30-,34+;/m1./s1. The fourth-order valence-electron chi connectivity index (χ4n) is 5.36. The first-order valence-electron chi connectivity index (χ1n) is 15.6. The van der Waals surface area contributed by atoms with Gasteiger partial charge in [-0.3, -0.25) is 14.8 Å². The molecule has 0 bridgehead atoms. The van der Waals surface area contributed by atoms with Gasteiger partial charge in [0.2, 0.25) is 5.91 Å². The highest BCUT2D eigenvalue weighted by molar-refractivity contribution is 5.92. The number of hydrogen-bond donors (Lipinski definition) is 2. The second kappa shape index (κ2) is 16.7. The van der Waals surface area contributed by atoms with E-state index < -0.39 is 5.82 Å². The van der Waals surface area contributed by atoms with Crippen LogP contribution in [0.15, 0.2) is 96.2 Å². The van der Waals surface area contributed by atoms with Gasteiger partial charge in [0.1, 0.15) is 11.6 Å². The van der Waals surface area contributed by atoms with Crippen molar-refractivity contribution < 1.29 is 18.3 Å². The van der Waals surface area contributed by atoms with Gasteiger partial charge in [0.05, 0.1) is 42.5 Å². The number of carbonyl (C=O) groups is 1. The molecule has 1 saturated heterocycles. The number of aliphatic imine (C=N–C) groups is 1. The first-order chi connectivity index (χ1) is 21.9. The van der Waals surface area contributed by atoms with Crippen molar-refractivity contribution in [2.75, 3.05) is 18.5 Å². The van der Waals surface area contributed by atoms with Crippen molar-refractivity contribution in [1.82, 2.24) is 10.3 Å². The largest absolute Gasteiger partial charge is 0.375 e. The number of carbonyl (C=O) groups excluding carboxylic acids is 1. The fraction of sp³-hybridized carbons (Fsp3) is 0.324. The predicted octanol–water partition coefficient (Wildman–Crippen LogP) is 7.94. The van der Waals surface area contributed by atoms with Gasteiger partial charge in [-0.25, -0.2) is 8.78 Å². The summed E-state index contributed by atoms with van der Waals surface area (Å²) in [5.41, 5.74) is 5.50. The van der Waals surface area contributed by atoms with Crippen LogP contribution in [0.5, 0.6) is 0 Å². The van der Waals surface area contributed by atoms with Crippen LogP contribution in [0.1, 0.15) is 61.8 Å². The van der Waals surface area contributed by atoms with Gasteiger partial charge in [0.15, 0.2) is 0 Å². The van der Waals surface area contributed by atoms with Crippen molar-refractivity contribution >= 4 is 23.0 Å². The van der Waals surface area contributed by atoms with E-state index in [1.165, 1.54) is 18.3 Å². The zero-order chi connectivity index (χ0) is 32.2. The molecule has 3 aromatic carbocycles. The van der Waals surface area contributed by atoms with Crippen LogP contribution in [0.2, 0.25) is 0 Å². The Bertz CT molecular complexity index is 1550. The lowest BCUT2D eigenvalue weighted by atomic mass is 9.88. The minimum atomic E-state index is -0.473. The summed E-state index contributed by atoms with van der Waals surface area (Å²) in [6, 6.07) is 23.8. The highest BCUT2D eigenvalue weighted by Crippen LogP contribution is 2.30. The fourth-order valence-corrected chi connectivity index (χ4v) is 5.36. The van der Waals surface area contributed by atoms with E-state index in [9.17, 15) is 13.6 Å². The molecule has 2 heterocycles. The number of rotatable bonds is 10. The number of amides is 1. The first-order valence-corrected chi connectivity index (χ1v) is 15.6. The van der Waals surface area contributed by atoms with Crippen LogP contribution in [-0.4, -0.2) is 41.9 Å². The Labute approximate surface area is 265 Å². The van der Waals surface area contributed by atoms with Gasteiger partial charge in [-0.1, -0.05) is 74.5 Å². The maximum absolute atomic E-state index is 15.0. The van der Waals surface area contributed by atoms with Gasteiger partial charge in [0.25, 0.3) is 0 Å². The van der Waals surface area contributed by atoms with E-state index in [1.807, 2.05) is 82.3 Å². The molecule has 45 heavy (non-hydrogen) atoms. The molecule has 1 amide bonds. The molecule has 2 N–H and O–H groups in total. The highest BCUT2D eigenvalue weighted by Gasteiger charge is 2.25. The van der Waals surface area contributed by atoms with Gasteiger partial charge in [0, 0.05) is 30.2 Å². The number of hydrogen-bond acceptors (Lipinski definition) is 5. The quantitative estimate of drug-likeness (QED) is 0.178. The zero-order valence-corrected chi connectivity index (χ0v) is 26.4. The Morgan fingerprint density at radius 3 is 2.38 bits per heavy atom. The van der Waals surface area contributed by atoms with E-state index in [0.29, 0.717) is 37.2 Å². The predicted molar refractivity (Wildman–Crippen MR) is 177 cm³/mol. The summed E-state index contributed by atoms with van der Waals surface area (Å²) in [5, 5.41) is 6.39. The summed E-state index contributed by atoms with van der Waals surface area (Å²) in [4.78, 5) is 22.0. The number of aryl methyl sites for hydroxylation is 1. The Morgan fingerprint density at radius 2 is 1.69 bits per heavy atom. The van der Waals surface area contributed by atoms with Crippen LogP contribution < -0.4 is 10.6 Å². The van der Waals surface area contributed by atoms with Gasteiger partial charge in [-0.05, 0) is 61.6 Å². The third-order valence-corrected chi connectivity index (χ3v) is 7.87. The van der Waals surface area contributed by atoms with Crippen LogP contribution in [0.4, 0.5) is 20.2 Å². The Kier molecular flexibility index (Phi) is 12.5. The SMILES string of the molecule is CC.CC(=Nc1ccccc1C)[C@@H]1CO[C@H](CCc2c(F)cncc2NC(=O)C[C@H](c2ccccc2)c2ccc(F)cc2)CN1. The molecule has 0 unspecified atom stereocenters. The monoisotopic (exact) mass is 612 g/mol. The molecule has 0 saturated carbocycles. The van der Waals surface area contributed by atoms with Gasteiger partial charge >= 0.3 is 0 Å². The molecular weight excluding hydrogens is 570 g/mol. The van der Waals surface area contributed by atoms with E-state index in [1.54, 1.807) is 12.1 Å². The number of pyridine rings is 1. The molecule has 5 rings (SSSR count). The second-order valence-electron chi connectivity index (χ2n) is 10.9. The second-order valence-corrected chi connectivity index (χ2v) is 10.9. The number of nitrogens with one attached hydrogen (secondary N) is 2. The van der Waals surface area contributed by atoms with E-state index in [-0.39, 0.29) is 36.2 Å². The van der Waals surface area contributed by atoms with Gasteiger partial charge in [-0.2, -0.15) is 0 Å². The normalized spacial score (nSPS) is 17.2. The maximum Gasteiger partial charge on any atom is 0.225 e. The van der Waals surface area contributed by atoms with Gasteiger partial charge in [-0.15, -0.1) is 0 Å². The lowest BCUT2D eigenvalue weighted by Gasteiger charge is -2.30. The average Bonchev–Trinajstić information content (AvgIpc) is 3.06. The molecule has 4 aromatic rings. The van der Waals surface area contributed by atoms with Crippen molar-refractivity contribution in [2.45, 2.75) is 65.0 Å². The van der Waals surface area contributed by atoms with E-state index >= 15 is 0 Å². The number of morpholine rings is 1. The summed E-state index contributed by atoms with van der Waals surface area (Å²) < 4.78 is 34.7. The molecule has 0 radical (unpaired) electrons. The van der Waals surface area contributed by atoms with Crippen LogP contribution in [0.25, 0.3) is 0 Å². The number of benzene rings is 3. The van der Waals surface area contributed by atoms with Crippen LogP contribution in [0.3, 0.4) is 0 Å². The number of ether oxygens (including phenoxy) is 1. The Morgan fingerprint density at radius 1 is 1.00 bits per heavy atom. The molecule has 6 nitrogen and oxygen atoms in total. The summed E-state index contributed by atoms with van der Waals surface area (Å²) in [6.45, 7) is 9.11. The third kappa shape index (κ3) is 9.36. The Balaban J connectivity index is 0.00000226. The molecule has 1 fully saturated rings. The number of aromatic nitrogens is 1. The van der Waals surface area contributed by atoms with Crippen molar-refractivity contribution in [3.05, 3.63) is 125 Å². The van der Waals surface area contributed by atoms with Crippen molar-refractivity contribution in [1.29, 1.82) is 0 Å². The average molecular weight is 613 g/mol. The smallest absolute Gasteiger partial charge is 0.225 e. The molecule has 236 valence electrons. The summed E-state index contributed by atoms with van der Waals surface area (Å²) >= 11 is 0. The van der Waals surface area contributed by atoms with Gasteiger partial charge < -0.3 is 15.4 Å². The van der Waals surface area contributed by atoms with Crippen molar-refractivity contribution in [2.24, 2.45) is 4.99 Å². The first kappa shape index (κ1) is 33.6. The topological polar surface area (TPSA) is 75.6 Å². The Hall–Kier alpha value is -4.27. The van der Waals surface area contributed by atoms with E-state index in [0.717, 1.165) is 34.3 Å². The third-order valence-electron chi connectivity index (χ3n) is 7.87. The molecule has 1 aromatic heterocycles. The molecule has 1 aliphatic heterocycles. The minimum absolute atomic E-state index is 0.00188. The van der Waals surface area contributed by atoms with Crippen molar-refractivity contribution in [3.63, 3.8) is 0 Å². The maximum atomic E-state index is 15.0.